The molecule has 2 atom stereocenters. The average Bonchev–Trinajstić information content (AvgIpc) is 2.51. The van der Waals surface area contributed by atoms with Crippen LogP contribution in [0.15, 0.2) is 18.2 Å². The first-order valence-electron chi connectivity index (χ1n) is 5.53. The fourth-order valence-electron chi connectivity index (χ4n) is 2.11. The number of aliphatic hydroxyl groups excluding tert-OH is 1. The highest BCUT2D eigenvalue weighted by Gasteiger charge is 2.19. The second-order valence-electron chi connectivity index (χ2n) is 4.52. The van der Waals surface area contributed by atoms with E-state index in [0.29, 0.717) is 0 Å². The molecule has 0 aliphatic carbocycles. The van der Waals surface area contributed by atoms with Gasteiger partial charge in [-0.2, -0.15) is 0 Å². The highest BCUT2D eigenvalue weighted by atomic mass is 16.3. The number of fused-ring (bicyclic) bond motifs is 1. The fraction of sp³-hybridized carbons (Fsp3) is 0.385. The van der Waals surface area contributed by atoms with Crippen molar-refractivity contribution in [2.75, 3.05) is 0 Å². The zero-order chi connectivity index (χ0) is 11.9. The number of hydrogen-bond acceptors (Lipinski definition) is 2. The Hall–Kier alpha value is -1.32. The lowest BCUT2D eigenvalue weighted by Gasteiger charge is -2.15. The van der Waals surface area contributed by atoms with Crippen molar-refractivity contribution in [1.29, 1.82) is 0 Å². The summed E-state index contributed by atoms with van der Waals surface area (Å²) >= 11 is 0. The van der Waals surface area contributed by atoms with Gasteiger partial charge in [0.25, 0.3) is 0 Å². The van der Waals surface area contributed by atoms with Gasteiger partial charge in [-0.3, -0.25) is 0 Å². The molecule has 86 valence electrons. The molecule has 0 saturated carbocycles. The smallest absolute Gasteiger partial charge is 0.0961 e. The van der Waals surface area contributed by atoms with Crippen molar-refractivity contribution in [3.63, 3.8) is 0 Å². The van der Waals surface area contributed by atoms with E-state index in [0.717, 1.165) is 22.2 Å². The lowest BCUT2D eigenvalue weighted by Crippen LogP contribution is -2.24. The molecule has 1 aromatic carbocycles. The van der Waals surface area contributed by atoms with Crippen LogP contribution in [0.5, 0.6) is 0 Å². The third-order valence-electron chi connectivity index (χ3n) is 2.99. The van der Waals surface area contributed by atoms with E-state index in [4.69, 9.17) is 5.73 Å². The van der Waals surface area contributed by atoms with Crippen LogP contribution in [0, 0.1) is 13.8 Å². The van der Waals surface area contributed by atoms with Gasteiger partial charge in [-0.05, 0) is 32.4 Å². The Kier molecular flexibility index (Phi) is 2.74. The van der Waals surface area contributed by atoms with Crippen LogP contribution in [0.4, 0.5) is 0 Å². The Morgan fingerprint density at radius 1 is 1.31 bits per heavy atom. The minimum absolute atomic E-state index is 0.265. The predicted octanol–water partition coefficient (Wildman–Crippen LogP) is 2.17. The van der Waals surface area contributed by atoms with Gasteiger partial charge in [0.2, 0.25) is 0 Å². The van der Waals surface area contributed by atoms with Crippen LogP contribution in [0.1, 0.15) is 29.8 Å². The molecule has 0 aliphatic rings. The number of H-pyrrole nitrogens is 1. The average molecular weight is 218 g/mol. The van der Waals surface area contributed by atoms with Crippen molar-refractivity contribution in [2.24, 2.45) is 5.73 Å². The molecule has 4 N–H and O–H groups in total. The summed E-state index contributed by atoms with van der Waals surface area (Å²) < 4.78 is 0. The zero-order valence-electron chi connectivity index (χ0n) is 9.91. The molecule has 3 heteroatoms. The summed E-state index contributed by atoms with van der Waals surface area (Å²) in [5, 5.41) is 11.2. The Labute approximate surface area is 95.3 Å². The summed E-state index contributed by atoms with van der Waals surface area (Å²) in [4.78, 5) is 3.29. The van der Waals surface area contributed by atoms with Gasteiger partial charge in [0, 0.05) is 28.2 Å². The van der Waals surface area contributed by atoms with Gasteiger partial charge in [-0.25, -0.2) is 0 Å². The van der Waals surface area contributed by atoms with Crippen molar-refractivity contribution in [3.8, 4) is 0 Å². The first-order valence-corrected chi connectivity index (χ1v) is 5.53. The Bertz CT molecular complexity index is 514. The monoisotopic (exact) mass is 218 g/mol. The maximum Gasteiger partial charge on any atom is 0.0961 e. The normalized spacial score (nSPS) is 15.3. The molecule has 2 aromatic rings. The molecule has 0 bridgehead atoms. The standard InChI is InChI=1S/C13H18N2O/c1-7-4-5-10-11(6-7)15-9(3)12(10)13(16)8(2)14/h4-6,8,13,15-16H,14H2,1-3H3. The molecule has 0 amide bonds. The maximum absolute atomic E-state index is 10.1. The highest BCUT2D eigenvalue weighted by molar-refractivity contribution is 5.85. The molecular weight excluding hydrogens is 200 g/mol. The van der Waals surface area contributed by atoms with Crippen molar-refractivity contribution in [1.82, 2.24) is 4.98 Å². The van der Waals surface area contributed by atoms with Gasteiger partial charge in [0.05, 0.1) is 6.10 Å². The lowest BCUT2D eigenvalue weighted by molar-refractivity contribution is 0.154. The van der Waals surface area contributed by atoms with Crippen LogP contribution in [-0.4, -0.2) is 16.1 Å². The van der Waals surface area contributed by atoms with E-state index in [-0.39, 0.29) is 6.04 Å². The zero-order valence-corrected chi connectivity index (χ0v) is 9.91. The van der Waals surface area contributed by atoms with E-state index in [2.05, 4.69) is 18.0 Å². The summed E-state index contributed by atoms with van der Waals surface area (Å²) in [6.07, 6.45) is -0.614. The predicted molar refractivity (Wildman–Crippen MR) is 66.4 cm³/mol. The van der Waals surface area contributed by atoms with Crippen LogP contribution in [-0.2, 0) is 0 Å². The molecule has 0 aliphatic heterocycles. The third kappa shape index (κ3) is 1.72. The molecule has 1 heterocycles. The SMILES string of the molecule is Cc1ccc2c(C(O)C(C)N)c(C)[nH]c2c1. The summed E-state index contributed by atoms with van der Waals surface area (Å²) in [6.45, 7) is 5.84. The lowest BCUT2D eigenvalue weighted by atomic mass is 10.0. The quantitative estimate of drug-likeness (QED) is 0.723. The van der Waals surface area contributed by atoms with Gasteiger partial charge in [0.1, 0.15) is 0 Å². The molecular formula is C13H18N2O. The third-order valence-corrected chi connectivity index (χ3v) is 2.99. The number of rotatable bonds is 2. The van der Waals surface area contributed by atoms with Crippen LogP contribution in [0.3, 0.4) is 0 Å². The van der Waals surface area contributed by atoms with Crippen LogP contribution in [0.25, 0.3) is 10.9 Å². The van der Waals surface area contributed by atoms with Crippen molar-refractivity contribution >= 4 is 10.9 Å². The van der Waals surface area contributed by atoms with Gasteiger partial charge < -0.3 is 15.8 Å². The largest absolute Gasteiger partial charge is 0.387 e. The summed E-state index contributed by atoms with van der Waals surface area (Å²) in [5.74, 6) is 0. The first kappa shape index (κ1) is 11.2. The Morgan fingerprint density at radius 3 is 2.62 bits per heavy atom. The Morgan fingerprint density at radius 2 is 2.00 bits per heavy atom. The van der Waals surface area contributed by atoms with Crippen molar-refractivity contribution in [3.05, 3.63) is 35.0 Å². The minimum atomic E-state index is -0.614. The van der Waals surface area contributed by atoms with E-state index in [1.165, 1.54) is 5.56 Å². The van der Waals surface area contributed by atoms with Gasteiger partial charge in [0.15, 0.2) is 0 Å². The summed E-state index contributed by atoms with van der Waals surface area (Å²) in [7, 11) is 0. The number of benzene rings is 1. The van der Waals surface area contributed by atoms with Gasteiger partial charge in [-0.15, -0.1) is 0 Å². The number of aromatic amines is 1. The van der Waals surface area contributed by atoms with Gasteiger partial charge >= 0.3 is 0 Å². The second kappa shape index (κ2) is 3.92. The number of nitrogens with one attached hydrogen (secondary N) is 1. The highest BCUT2D eigenvalue weighted by Crippen LogP contribution is 2.29. The molecule has 3 nitrogen and oxygen atoms in total. The van der Waals surface area contributed by atoms with Crippen LogP contribution in [0.2, 0.25) is 0 Å². The first-order chi connectivity index (χ1) is 7.50. The molecule has 16 heavy (non-hydrogen) atoms. The van der Waals surface area contributed by atoms with E-state index in [1.54, 1.807) is 0 Å². The number of aryl methyl sites for hydroxylation is 2. The van der Waals surface area contributed by atoms with E-state index >= 15 is 0 Å². The summed E-state index contributed by atoms with van der Waals surface area (Å²) in [6, 6.07) is 5.90. The second-order valence-corrected chi connectivity index (χ2v) is 4.52. The van der Waals surface area contributed by atoms with E-state index in [9.17, 15) is 5.11 Å². The molecule has 0 fully saturated rings. The minimum Gasteiger partial charge on any atom is -0.387 e. The molecule has 0 spiro atoms. The molecule has 1 aromatic heterocycles. The topological polar surface area (TPSA) is 62.0 Å². The number of hydrogen-bond donors (Lipinski definition) is 3. The van der Waals surface area contributed by atoms with Crippen LogP contribution < -0.4 is 5.73 Å². The number of aliphatic hydroxyl groups is 1. The number of aromatic nitrogens is 1. The van der Waals surface area contributed by atoms with E-state index < -0.39 is 6.10 Å². The molecule has 2 rings (SSSR count). The number of nitrogens with two attached hydrogens (primary N) is 1. The fourth-order valence-corrected chi connectivity index (χ4v) is 2.11. The molecule has 0 saturated heterocycles. The molecule has 0 radical (unpaired) electrons. The van der Waals surface area contributed by atoms with Crippen LogP contribution >= 0.6 is 0 Å². The maximum atomic E-state index is 10.1. The van der Waals surface area contributed by atoms with Gasteiger partial charge in [-0.1, -0.05) is 12.1 Å². The summed E-state index contributed by atoms with van der Waals surface area (Å²) in [5.41, 5.74) is 9.93. The Balaban J connectivity index is 2.65. The van der Waals surface area contributed by atoms with Crippen molar-refractivity contribution < 1.29 is 5.11 Å². The van der Waals surface area contributed by atoms with Crippen molar-refractivity contribution in [2.45, 2.75) is 32.9 Å². The van der Waals surface area contributed by atoms with E-state index in [1.807, 2.05) is 26.0 Å². The molecule has 2 unspecified atom stereocenters.